The van der Waals surface area contributed by atoms with Crippen molar-refractivity contribution in [1.82, 2.24) is 25.4 Å². The van der Waals surface area contributed by atoms with Crippen LogP contribution in [0.15, 0.2) is 23.2 Å². The van der Waals surface area contributed by atoms with E-state index in [1.165, 1.54) is 12.1 Å². The summed E-state index contributed by atoms with van der Waals surface area (Å²) in [4.78, 5) is 11.0. The van der Waals surface area contributed by atoms with Gasteiger partial charge in [-0.15, -0.1) is 24.0 Å². The zero-order valence-corrected chi connectivity index (χ0v) is 20.7. The number of aliphatic imine (C=N–C) groups is 1. The number of ether oxygens (including phenoxy) is 1. The van der Waals surface area contributed by atoms with Crippen LogP contribution in [0.2, 0.25) is 0 Å². The third kappa shape index (κ3) is 5.85. The number of nitrogens with one attached hydrogen (secondary N) is 2. The summed E-state index contributed by atoms with van der Waals surface area (Å²) in [6.07, 6.45) is 2.80. The molecule has 2 atom stereocenters. The summed E-state index contributed by atoms with van der Waals surface area (Å²) in [7, 11) is 3.40. The van der Waals surface area contributed by atoms with Crippen LogP contribution in [0.1, 0.15) is 24.5 Å². The number of guanidine groups is 1. The van der Waals surface area contributed by atoms with Crippen LogP contribution in [0.5, 0.6) is 0 Å². The third-order valence-corrected chi connectivity index (χ3v) is 5.85. The molecule has 2 N–H and O–H groups in total. The fourth-order valence-electron chi connectivity index (χ4n) is 4.21. The van der Waals surface area contributed by atoms with Crippen molar-refractivity contribution in [2.24, 2.45) is 10.9 Å². The van der Waals surface area contributed by atoms with Crippen molar-refractivity contribution in [1.29, 1.82) is 0 Å². The molecule has 1 aromatic heterocycles. The highest BCUT2D eigenvalue weighted by molar-refractivity contribution is 14.0. The maximum Gasteiger partial charge on any atom is 0.191 e. The summed E-state index contributed by atoms with van der Waals surface area (Å²) in [5.74, 6) is 1.25. The van der Waals surface area contributed by atoms with Gasteiger partial charge in [0.05, 0.1) is 6.54 Å². The molecule has 2 aliphatic heterocycles. The highest BCUT2D eigenvalue weighted by Crippen LogP contribution is 2.25. The fourth-order valence-corrected chi connectivity index (χ4v) is 4.21. The summed E-state index contributed by atoms with van der Waals surface area (Å²) in [5, 5.41) is 11.4. The Morgan fingerprint density at radius 2 is 2.09 bits per heavy atom. The summed E-state index contributed by atoms with van der Waals surface area (Å²) in [5.41, 5.74) is 0.725. The Balaban J connectivity index is 0.00000289. The van der Waals surface area contributed by atoms with Gasteiger partial charge in [-0.3, -0.25) is 4.99 Å². The first-order valence-electron chi connectivity index (χ1n) is 10.6. The van der Waals surface area contributed by atoms with Crippen molar-refractivity contribution in [3.05, 3.63) is 41.5 Å². The van der Waals surface area contributed by atoms with Crippen LogP contribution < -0.4 is 15.5 Å². The van der Waals surface area contributed by atoms with E-state index in [0.29, 0.717) is 18.3 Å². The first-order valence-corrected chi connectivity index (χ1v) is 10.6. The van der Waals surface area contributed by atoms with Crippen molar-refractivity contribution >= 4 is 35.6 Å². The van der Waals surface area contributed by atoms with E-state index in [9.17, 15) is 8.78 Å². The topological polar surface area (TPSA) is 79.6 Å². The van der Waals surface area contributed by atoms with Crippen molar-refractivity contribution < 1.29 is 13.5 Å². The van der Waals surface area contributed by atoms with Gasteiger partial charge in [0.15, 0.2) is 23.4 Å². The number of hydrogen-bond acceptors (Lipinski definition) is 5. The molecular formula is C21H30F2IN7O. The average Bonchev–Trinajstić information content (AvgIpc) is 3.39. The number of halogens is 3. The average molecular weight is 561 g/mol. The molecule has 1 saturated heterocycles. The highest BCUT2D eigenvalue weighted by atomic mass is 127. The SMILES string of the molecule is CN=C(NCC1CCN(c2ccc(F)c(F)c2)C1)NC1CCc2nc(COC)nn2C1.I. The van der Waals surface area contributed by atoms with Gasteiger partial charge in [0.2, 0.25) is 0 Å². The summed E-state index contributed by atoms with van der Waals surface area (Å²) in [6.45, 7) is 3.54. The van der Waals surface area contributed by atoms with E-state index in [2.05, 4.69) is 30.6 Å². The van der Waals surface area contributed by atoms with E-state index in [4.69, 9.17) is 4.74 Å². The number of aromatic nitrogens is 3. The number of methoxy groups -OCH3 is 1. The Labute approximate surface area is 203 Å². The first kappa shape index (κ1) is 24.6. The number of rotatable bonds is 6. The highest BCUT2D eigenvalue weighted by Gasteiger charge is 2.25. The smallest absolute Gasteiger partial charge is 0.191 e. The van der Waals surface area contributed by atoms with Gasteiger partial charge in [0, 0.05) is 58.0 Å². The van der Waals surface area contributed by atoms with Gasteiger partial charge in [-0.2, -0.15) is 5.10 Å². The molecule has 2 unspecified atom stereocenters. The molecule has 0 spiro atoms. The molecule has 1 aromatic carbocycles. The lowest BCUT2D eigenvalue weighted by Crippen LogP contribution is -2.48. The molecule has 0 saturated carbocycles. The molecule has 4 rings (SSSR count). The van der Waals surface area contributed by atoms with Gasteiger partial charge in [-0.25, -0.2) is 18.4 Å². The van der Waals surface area contributed by atoms with Crippen LogP contribution in [0.3, 0.4) is 0 Å². The Morgan fingerprint density at radius 1 is 1.25 bits per heavy atom. The minimum absolute atomic E-state index is 0. The van der Waals surface area contributed by atoms with E-state index < -0.39 is 11.6 Å². The van der Waals surface area contributed by atoms with Crippen LogP contribution in [0.4, 0.5) is 14.5 Å². The molecule has 0 bridgehead atoms. The van der Waals surface area contributed by atoms with Crippen molar-refractivity contribution in [3.63, 3.8) is 0 Å². The number of aryl methyl sites for hydroxylation is 1. The molecule has 0 amide bonds. The second-order valence-electron chi connectivity index (χ2n) is 8.09. The molecule has 2 aromatic rings. The number of fused-ring (bicyclic) bond motifs is 1. The number of nitrogens with zero attached hydrogens (tertiary/aromatic N) is 5. The molecule has 11 heteroatoms. The third-order valence-electron chi connectivity index (χ3n) is 5.85. The van der Waals surface area contributed by atoms with E-state index in [1.54, 1.807) is 20.2 Å². The van der Waals surface area contributed by atoms with E-state index in [-0.39, 0.29) is 30.0 Å². The summed E-state index contributed by atoms with van der Waals surface area (Å²) < 4.78 is 33.8. The Hall–Kier alpha value is -2.02. The van der Waals surface area contributed by atoms with Crippen molar-refractivity contribution in [2.45, 2.75) is 38.5 Å². The van der Waals surface area contributed by atoms with Gasteiger partial charge in [0.25, 0.3) is 0 Å². The Bertz CT molecular complexity index is 939. The van der Waals surface area contributed by atoms with Gasteiger partial charge in [-0.05, 0) is 30.9 Å². The lowest BCUT2D eigenvalue weighted by atomic mass is 10.1. The predicted molar refractivity (Wildman–Crippen MR) is 129 cm³/mol. The summed E-state index contributed by atoms with van der Waals surface area (Å²) in [6, 6.07) is 4.31. The van der Waals surface area contributed by atoms with Gasteiger partial charge in [-0.1, -0.05) is 0 Å². The molecule has 3 heterocycles. The van der Waals surface area contributed by atoms with Crippen LogP contribution in [0, 0.1) is 17.6 Å². The Morgan fingerprint density at radius 3 is 2.84 bits per heavy atom. The molecule has 1 fully saturated rings. The van der Waals surface area contributed by atoms with Gasteiger partial charge in [0.1, 0.15) is 12.4 Å². The number of anilines is 1. The van der Waals surface area contributed by atoms with Crippen molar-refractivity contribution in [2.75, 3.05) is 38.7 Å². The van der Waals surface area contributed by atoms with Crippen LogP contribution in [0.25, 0.3) is 0 Å². The minimum atomic E-state index is -0.813. The molecule has 32 heavy (non-hydrogen) atoms. The maximum absolute atomic E-state index is 13.5. The van der Waals surface area contributed by atoms with Gasteiger partial charge >= 0.3 is 0 Å². The lowest BCUT2D eigenvalue weighted by Gasteiger charge is -2.26. The number of benzene rings is 1. The van der Waals surface area contributed by atoms with E-state index in [0.717, 1.165) is 62.9 Å². The molecule has 0 aliphatic carbocycles. The minimum Gasteiger partial charge on any atom is -0.377 e. The Kier molecular flexibility index (Phi) is 8.63. The van der Waals surface area contributed by atoms with E-state index >= 15 is 0 Å². The van der Waals surface area contributed by atoms with Gasteiger partial charge < -0.3 is 20.3 Å². The second kappa shape index (κ2) is 11.2. The second-order valence-corrected chi connectivity index (χ2v) is 8.09. The molecule has 8 nitrogen and oxygen atoms in total. The molecule has 0 radical (unpaired) electrons. The van der Waals surface area contributed by atoms with E-state index in [1.807, 2.05) is 4.68 Å². The fraction of sp³-hybridized carbons (Fsp3) is 0.571. The normalized spacial score (nSPS) is 20.6. The largest absolute Gasteiger partial charge is 0.377 e. The first-order chi connectivity index (χ1) is 15.1. The van der Waals surface area contributed by atoms with Crippen LogP contribution in [-0.4, -0.2) is 60.6 Å². The standard InChI is InChI=1S/C21H29F2N7O.HI/c1-24-21(26-15-3-6-20-27-19(13-31-2)28-30(20)12-15)25-10-14-7-8-29(11-14)16-4-5-17(22)18(23)9-16;/h4-5,9,14-15H,3,6-8,10-13H2,1-2H3,(H2,24,25,26);1H. The quantitative estimate of drug-likeness (QED) is 0.321. The summed E-state index contributed by atoms with van der Waals surface area (Å²) >= 11 is 0. The predicted octanol–water partition coefficient (Wildman–Crippen LogP) is 2.33. The zero-order chi connectivity index (χ0) is 21.8. The van der Waals surface area contributed by atoms with Crippen molar-refractivity contribution in [3.8, 4) is 0 Å². The molecule has 176 valence electrons. The molecule has 2 aliphatic rings. The van der Waals surface area contributed by atoms with Crippen LogP contribution in [-0.2, 0) is 24.3 Å². The number of hydrogen-bond donors (Lipinski definition) is 2. The lowest BCUT2D eigenvalue weighted by molar-refractivity contribution is 0.177. The zero-order valence-electron chi connectivity index (χ0n) is 18.4. The maximum atomic E-state index is 13.5. The van der Waals surface area contributed by atoms with Crippen LogP contribution >= 0.6 is 24.0 Å². The monoisotopic (exact) mass is 561 g/mol. The molecular weight excluding hydrogens is 531 g/mol.